The summed E-state index contributed by atoms with van der Waals surface area (Å²) in [4.78, 5) is 2.58. The minimum Gasteiger partial charge on any atom is -0.380 e. The monoisotopic (exact) mass is 256 g/mol. The van der Waals surface area contributed by atoms with E-state index in [0.717, 1.165) is 19.8 Å². The standard InChI is InChI=1S/C15H32N2O/c1-4-6-12-18-13-11-17-9-7-14(3)16-15(5-2)8-10-17/h14-16H,4-13H2,1-3H3. The van der Waals surface area contributed by atoms with E-state index < -0.39 is 0 Å². The van der Waals surface area contributed by atoms with Gasteiger partial charge in [0.15, 0.2) is 0 Å². The summed E-state index contributed by atoms with van der Waals surface area (Å²) in [6.45, 7) is 12.2. The van der Waals surface area contributed by atoms with Gasteiger partial charge in [-0.1, -0.05) is 20.3 Å². The second-order valence-corrected chi connectivity index (χ2v) is 5.56. The van der Waals surface area contributed by atoms with Crippen LogP contribution in [-0.4, -0.2) is 49.8 Å². The highest BCUT2D eigenvalue weighted by Crippen LogP contribution is 2.08. The number of ether oxygens (including phenoxy) is 1. The quantitative estimate of drug-likeness (QED) is 0.709. The largest absolute Gasteiger partial charge is 0.380 e. The van der Waals surface area contributed by atoms with E-state index in [1.165, 1.54) is 45.2 Å². The highest BCUT2D eigenvalue weighted by Gasteiger charge is 2.17. The van der Waals surface area contributed by atoms with Crippen LogP contribution in [0.15, 0.2) is 0 Å². The van der Waals surface area contributed by atoms with Gasteiger partial charge in [-0.15, -0.1) is 0 Å². The van der Waals surface area contributed by atoms with Crippen molar-refractivity contribution in [1.29, 1.82) is 0 Å². The van der Waals surface area contributed by atoms with Crippen molar-refractivity contribution in [3.8, 4) is 0 Å². The Morgan fingerprint density at radius 3 is 2.67 bits per heavy atom. The fraction of sp³-hybridized carbons (Fsp3) is 1.00. The zero-order chi connectivity index (χ0) is 13.2. The van der Waals surface area contributed by atoms with E-state index in [-0.39, 0.29) is 0 Å². The summed E-state index contributed by atoms with van der Waals surface area (Å²) in [5.41, 5.74) is 0. The molecule has 18 heavy (non-hydrogen) atoms. The van der Waals surface area contributed by atoms with Crippen LogP contribution in [0.2, 0.25) is 0 Å². The molecule has 0 aromatic carbocycles. The molecule has 1 aliphatic heterocycles. The number of rotatable bonds is 7. The third-order valence-corrected chi connectivity index (χ3v) is 3.88. The van der Waals surface area contributed by atoms with Crippen LogP contribution in [0.1, 0.15) is 52.9 Å². The van der Waals surface area contributed by atoms with Crippen molar-refractivity contribution >= 4 is 0 Å². The lowest BCUT2D eigenvalue weighted by Crippen LogP contribution is -2.44. The number of nitrogens with one attached hydrogen (secondary N) is 1. The zero-order valence-corrected chi connectivity index (χ0v) is 12.6. The normalized spacial score (nSPS) is 26.8. The van der Waals surface area contributed by atoms with Crippen LogP contribution in [0.4, 0.5) is 0 Å². The van der Waals surface area contributed by atoms with Gasteiger partial charge in [-0.05, 0) is 45.7 Å². The summed E-state index contributed by atoms with van der Waals surface area (Å²) in [5.74, 6) is 0. The lowest BCUT2D eigenvalue weighted by atomic mass is 10.1. The summed E-state index contributed by atoms with van der Waals surface area (Å²) in [5, 5.41) is 3.72. The van der Waals surface area contributed by atoms with E-state index >= 15 is 0 Å². The van der Waals surface area contributed by atoms with Crippen molar-refractivity contribution in [2.24, 2.45) is 0 Å². The minimum atomic E-state index is 0.652. The Labute approximate surface area is 113 Å². The van der Waals surface area contributed by atoms with Crippen LogP contribution in [-0.2, 0) is 4.74 Å². The average Bonchev–Trinajstić information content (AvgIpc) is 2.36. The fourth-order valence-electron chi connectivity index (χ4n) is 2.48. The molecule has 0 aromatic heterocycles. The second kappa shape index (κ2) is 9.76. The van der Waals surface area contributed by atoms with E-state index in [9.17, 15) is 0 Å². The van der Waals surface area contributed by atoms with Crippen LogP contribution >= 0.6 is 0 Å². The van der Waals surface area contributed by atoms with Gasteiger partial charge in [0.25, 0.3) is 0 Å². The minimum absolute atomic E-state index is 0.652. The Balaban J connectivity index is 2.19. The molecule has 2 atom stereocenters. The Morgan fingerprint density at radius 1 is 1.17 bits per heavy atom. The van der Waals surface area contributed by atoms with Gasteiger partial charge in [-0.2, -0.15) is 0 Å². The molecule has 1 rings (SSSR count). The molecule has 3 nitrogen and oxygen atoms in total. The molecule has 0 aromatic rings. The van der Waals surface area contributed by atoms with Crippen molar-refractivity contribution in [3.63, 3.8) is 0 Å². The predicted molar refractivity (Wildman–Crippen MR) is 78.1 cm³/mol. The van der Waals surface area contributed by atoms with Crippen LogP contribution in [0.3, 0.4) is 0 Å². The van der Waals surface area contributed by atoms with Crippen molar-refractivity contribution < 1.29 is 4.74 Å². The van der Waals surface area contributed by atoms with Gasteiger partial charge in [-0.3, -0.25) is 0 Å². The first kappa shape index (κ1) is 15.9. The second-order valence-electron chi connectivity index (χ2n) is 5.56. The van der Waals surface area contributed by atoms with E-state index in [1.54, 1.807) is 0 Å². The maximum absolute atomic E-state index is 5.67. The number of unbranched alkanes of at least 4 members (excludes halogenated alkanes) is 1. The smallest absolute Gasteiger partial charge is 0.0593 e. The van der Waals surface area contributed by atoms with Gasteiger partial charge in [0.05, 0.1) is 6.61 Å². The molecule has 1 aliphatic rings. The molecule has 0 saturated carbocycles. The summed E-state index contributed by atoms with van der Waals surface area (Å²) < 4.78 is 5.67. The molecule has 0 bridgehead atoms. The Hall–Kier alpha value is -0.120. The van der Waals surface area contributed by atoms with E-state index in [0.29, 0.717) is 12.1 Å². The topological polar surface area (TPSA) is 24.5 Å². The van der Waals surface area contributed by atoms with Gasteiger partial charge in [0.2, 0.25) is 0 Å². The zero-order valence-electron chi connectivity index (χ0n) is 12.6. The predicted octanol–water partition coefficient (Wildman–Crippen LogP) is 2.66. The van der Waals surface area contributed by atoms with Gasteiger partial charge >= 0.3 is 0 Å². The van der Waals surface area contributed by atoms with Crippen molar-refractivity contribution in [2.45, 2.75) is 65.0 Å². The number of nitrogens with zero attached hydrogens (tertiary/aromatic N) is 1. The van der Waals surface area contributed by atoms with Crippen LogP contribution < -0.4 is 5.32 Å². The van der Waals surface area contributed by atoms with E-state index in [2.05, 4.69) is 31.0 Å². The Kier molecular flexibility index (Phi) is 8.64. The van der Waals surface area contributed by atoms with Gasteiger partial charge in [0, 0.05) is 25.2 Å². The Bertz CT molecular complexity index is 199. The molecule has 1 saturated heterocycles. The molecule has 0 radical (unpaired) electrons. The van der Waals surface area contributed by atoms with Crippen molar-refractivity contribution in [2.75, 3.05) is 32.8 Å². The summed E-state index contributed by atoms with van der Waals surface area (Å²) in [6, 6.07) is 1.35. The lowest BCUT2D eigenvalue weighted by molar-refractivity contribution is 0.0948. The molecular weight excluding hydrogens is 224 g/mol. The molecule has 108 valence electrons. The van der Waals surface area contributed by atoms with Crippen molar-refractivity contribution in [1.82, 2.24) is 10.2 Å². The van der Waals surface area contributed by atoms with Crippen LogP contribution in [0.25, 0.3) is 0 Å². The molecule has 0 aliphatic carbocycles. The first-order valence-corrected chi connectivity index (χ1v) is 7.82. The lowest BCUT2D eigenvalue weighted by Gasteiger charge is -2.31. The first-order chi connectivity index (χ1) is 8.76. The first-order valence-electron chi connectivity index (χ1n) is 7.82. The third kappa shape index (κ3) is 6.72. The van der Waals surface area contributed by atoms with Gasteiger partial charge in [0.1, 0.15) is 0 Å². The molecule has 1 heterocycles. The molecule has 0 spiro atoms. The van der Waals surface area contributed by atoms with E-state index in [1.807, 2.05) is 0 Å². The van der Waals surface area contributed by atoms with Crippen molar-refractivity contribution in [3.05, 3.63) is 0 Å². The molecule has 0 amide bonds. The van der Waals surface area contributed by atoms with Crippen LogP contribution in [0, 0.1) is 0 Å². The van der Waals surface area contributed by atoms with E-state index in [4.69, 9.17) is 4.74 Å². The number of hydrogen-bond acceptors (Lipinski definition) is 3. The average molecular weight is 256 g/mol. The highest BCUT2D eigenvalue weighted by molar-refractivity contribution is 4.76. The molecule has 1 N–H and O–H groups in total. The molecule has 3 heteroatoms. The molecular formula is C15H32N2O. The maximum Gasteiger partial charge on any atom is 0.0593 e. The summed E-state index contributed by atoms with van der Waals surface area (Å²) >= 11 is 0. The Morgan fingerprint density at radius 2 is 1.94 bits per heavy atom. The van der Waals surface area contributed by atoms with Gasteiger partial charge in [-0.25, -0.2) is 0 Å². The fourth-order valence-corrected chi connectivity index (χ4v) is 2.48. The molecule has 1 fully saturated rings. The third-order valence-electron chi connectivity index (χ3n) is 3.88. The SMILES string of the molecule is CCCCOCCN1CCC(C)NC(CC)CC1. The van der Waals surface area contributed by atoms with Gasteiger partial charge < -0.3 is 15.0 Å². The molecule has 2 unspecified atom stereocenters. The number of hydrogen-bond donors (Lipinski definition) is 1. The van der Waals surface area contributed by atoms with Crippen LogP contribution in [0.5, 0.6) is 0 Å². The maximum atomic E-state index is 5.67. The highest BCUT2D eigenvalue weighted by atomic mass is 16.5. The summed E-state index contributed by atoms with van der Waals surface area (Å²) in [6.07, 6.45) is 6.19. The summed E-state index contributed by atoms with van der Waals surface area (Å²) in [7, 11) is 0.